The van der Waals surface area contributed by atoms with E-state index in [4.69, 9.17) is 5.11 Å². The van der Waals surface area contributed by atoms with Crippen LogP contribution in [0.2, 0.25) is 0 Å². The molecule has 23 heavy (non-hydrogen) atoms. The molecule has 0 bridgehead atoms. The van der Waals surface area contributed by atoms with Crippen molar-refractivity contribution in [3.63, 3.8) is 0 Å². The Balaban J connectivity index is 1.55. The molecular formula is C18H18N2O3. The Hall–Kier alpha value is -2.40. The van der Waals surface area contributed by atoms with Gasteiger partial charge < -0.3 is 15.5 Å². The first-order valence-corrected chi connectivity index (χ1v) is 7.82. The van der Waals surface area contributed by atoms with E-state index in [1.54, 1.807) is 6.20 Å². The van der Waals surface area contributed by atoms with Gasteiger partial charge in [0.25, 0.3) is 0 Å². The third-order valence-corrected chi connectivity index (χ3v) is 4.83. The molecule has 1 aromatic heterocycles. The zero-order valence-corrected chi connectivity index (χ0v) is 12.6. The largest absolute Gasteiger partial charge is 0.465 e. The minimum absolute atomic E-state index is 0.497. The Morgan fingerprint density at radius 3 is 2.13 bits per heavy atom. The molecule has 0 radical (unpaired) electrons. The van der Waals surface area contributed by atoms with Crippen molar-refractivity contribution < 1.29 is 15.0 Å². The van der Waals surface area contributed by atoms with Gasteiger partial charge in [-0.05, 0) is 42.9 Å². The van der Waals surface area contributed by atoms with Gasteiger partial charge in [-0.15, -0.1) is 0 Å². The average molecular weight is 310 g/mol. The zero-order chi connectivity index (χ0) is 16.1. The summed E-state index contributed by atoms with van der Waals surface area (Å²) in [6.07, 6.45) is 4.02. The van der Waals surface area contributed by atoms with Gasteiger partial charge in [-0.3, -0.25) is 4.98 Å². The third-order valence-electron chi connectivity index (χ3n) is 4.83. The zero-order valence-electron chi connectivity index (χ0n) is 12.6. The second-order valence-corrected chi connectivity index (χ2v) is 6.55. The highest BCUT2D eigenvalue weighted by Gasteiger charge is 2.47. The van der Waals surface area contributed by atoms with Gasteiger partial charge in [-0.2, -0.15) is 0 Å². The van der Waals surface area contributed by atoms with Crippen molar-refractivity contribution in [2.45, 2.75) is 36.8 Å². The molecular weight excluding hydrogens is 292 g/mol. The van der Waals surface area contributed by atoms with Gasteiger partial charge in [-0.1, -0.05) is 30.3 Å². The molecule has 1 heterocycles. The topological polar surface area (TPSA) is 82.5 Å². The Kier molecular flexibility index (Phi) is 2.96. The summed E-state index contributed by atoms with van der Waals surface area (Å²) in [5, 5.41) is 21.6. The van der Waals surface area contributed by atoms with Crippen LogP contribution in [0, 0.1) is 0 Å². The predicted molar refractivity (Wildman–Crippen MR) is 84.9 cm³/mol. The number of carboxylic acid groups (broad SMARTS) is 1. The van der Waals surface area contributed by atoms with Crippen molar-refractivity contribution in [3.8, 4) is 11.1 Å². The van der Waals surface area contributed by atoms with E-state index >= 15 is 0 Å². The molecule has 5 heteroatoms. The number of aromatic nitrogens is 1. The highest BCUT2D eigenvalue weighted by Crippen LogP contribution is 2.46. The smallest absolute Gasteiger partial charge is 0.405 e. The van der Waals surface area contributed by atoms with E-state index in [0.29, 0.717) is 0 Å². The van der Waals surface area contributed by atoms with Crippen LogP contribution in [0.1, 0.15) is 36.9 Å². The summed E-state index contributed by atoms with van der Waals surface area (Å²) < 4.78 is 0. The molecule has 118 valence electrons. The van der Waals surface area contributed by atoms with Crippen LogP contribution in [0.25, 0.3) is 11.1 Å². The van der Waals surface area contributed by atoms with E-state index in [1.165, 1.54) is 0 Å². The van der Waals surface area contributed by atoms with Crippen LogP contribution < -0.4 is 5.32 Å². The Morgan fingerprint density at radius 2 is 1.65 bits per heavy atom. The molecule has 2 aliphatic rings. The lowest BCUT2D eigenvalue weighted by Gasteiger charge is -2.15. The van der Waals surface area contributed by atoms with Crippen molar-refractivity contribution in [1.82, 2.24) is 10.3 Å². The van der Waals surface area contributed by atoms with Crippen molar-refractivity contribution >= 4 is 6.09 Å². The van der Waals surface area contributed by atoms with Gasteiger partial charge in [0.1, 0.15) is 0 Å². The fraction of sp³-hybridized carbons (Fsp3) is 0.333. The molecule has 4 rings (SSSR count). The fourth-order valence-corrected chi connectivity index (χ4v) is 3.00. The highest BCUT2D eigenvalue weighted by atomic mass is 16.4. The van der Waals surface area contributed by atoms with E-state index in [9.17, 15) is 9.90 Å². The summed E-state index contributed by atoms with van der Waals surface area (Å²) in [5.41, 5.74) is 2.65. The first-order chi connectivity index (χ1) is 11.0. The van der Waals surface area contributed by atoms with Crippen molar-refractivity contribution in [2.24, 2.45) is 0 Å². The molecule has 0 spiro atoms. The number of nitrogens with one attached hydrogen (secondary N) is 1. The normalized spacial score (nSPS) is 19.9. The Morgan fingerprint density at radius 1 is 1.00 bits per heavy atom. The van der Waals surface area contributed by atoms with Gasteiger partial charge in [0.2, 0.25) is 0 Å². The molecule has 1 amide bonds. The summed E-state index contributed by atoms with van der Waals surface area (Å²) in [6, 6.07) is 11.8. The Labute approximate surface area is 134 Å². The van der Waals surface area contributed by atoms with E-state index < -0.39 is 17.2 Å². The third kappa shape index (κ3) is 2.57. The van der Waals surface area contributed by atoms with E-state index in [2.05, 4.69) is 10.3 Å². The first kappa shape index (κ1) is 14.2. The SMILES string of the molecule is O=C(O)NC1(c2ccc(-c3ccc(C4(O)CC4)cc3)cn2)CC1. The predicted octanol–water partition coefficient (Wildman–Crippen LogP) is 2.99. The molecule has 1 aromatic carbocycles. The van der Waals surface area contributed by atoms with Crippen LogP contribution in [-0.4, -0.2) is 21.3 Å². The number of carbonyl (C=O) groups is 1. The monoisotopic (exact) mass is 310 g/mol. The lowest BCUT2D eigenvalue weighted by Crippen LogP contribution is -2.34. The van der Waals surface area contributed by atoms with Gasteiger partial charge in [0.05, 0.1) is 16.8 Å². The average Bonchev–Trinajstić information content (AvgIpc) is 3.47. The van der Waals surface area contributed by atoms with Crippen LogP contribution in [0.15, 0.2) is 42.6 Å². The lowest BCUT2D eigenvalue weighted by molar-refractivity contribution is 0.151. The van der Waals surface area contributed by atoms with Crippen molar-refractivity contribution in [2.75, 3.05) is 0 Å². The van der Waals surface area contributed by atoms with Gasteiger partial charge in [-0.25, -0.2) is 4.79 Å². The summed E-state index contributed by atoms with van der Waals surface area (Å²) in [5.74, 6) is 0. The number of hydrogen-bond donors (Lipinski definition) is 3. The van der Waals surface area contributed by atoms with Crippen LogP contribution in [0.4, 0.5) is 4.79 Å². The van der Waals surface area contributed by atoms with Gasteiger partial charge >= 0.3 is 6.09 Å². The van der Waals surface area contributed by atoms with E-state index in [1.807, 2.05) is 36.4 Å². The van der Waals surface area contributed by atoms with E-state index in [0.717, 1.165) is 48.1 Å². The standard InChI is InChI=1S/C18H18N2O3/c21-16(22)20-17(7-8-17)15-6-3-13(11-19-15)12-1-4-14(5-2-12)18(23)9-10-18/h1-6,11,20,23H,7-10H2,(H,21,22). The first-order valence-electron chi connectivity index (χ1n) is 7.82. The maximum atomic E-state index is 10.9. The summed E-state index contributed by atoms with van der Waals surface area (Å²) in [4.78, 5) is 15.3. The second-order valence-electron chi connectivity index (χ2n) is 6.55. The maximum absolute atomic E-state index is 10.9. The molecule has 2 saturated carbocycles. The van der Waals surface area contributed by atoms with Gasteiger partial charge in [0.15, 0.2) is 0 Å². The lowest BCUT2D eigenvalue weighted by atomic mass is 10.0. The number of amides is 1. The molecule has 0 saturated heterocycles. The Bertz CT molecular complexity index is 745. The molecule has 0 atom stereocenters. The minimum atomic E-state index is -1.01. The number of benzene rings is 1. The summed E-state index contributed by atoms with van der Waals surface area (Å²) >= 11 is 0. The number of aliphatic hydroxyl groups is 1. The minimum Gasteiger partial charge on any atom is -0.465 e. The van der Waals surface area contributed by atoms with Gasteiger partial charge in [0, 0.05) is 11.8 Å². The molecule has 2 aliphatic carbocycles. The molecule has 3 N–H and O–H groups in total. The summed E-state index contributed by atoms with van der Waals surface area (Å²) in [6.45, 7) is 0. The number of hydrogen-bond acceptors (Lipinski definition) is 3. The molecule has 5 nitrogen and oxygen atoms in total. The quantitative estimate of drug-likeness (QED) is 0.811. The molecule has 2 aromatic rings. The van der Waals surface area contributed by atoms with Crippen LogP contribution in [-0.2, 0) is 11.1 Å². The van der Waals surface area contributed by atoms with Crippen molar-refractivity contribution in [1.29, 1.82) is 0 Å². The number of nitrogens with zero attached hydrogens (tertiary/aromatic N) is 1. The second kappa shape index (κ2) is 4.80. The van der Waals surface area contributed by atoms with E-state index in [-0.39, 0.29) is 0 Å². The molecule has 0 aliphatic heterocycles. The molecule has 0 unspecified atom stereocenters. The number of pyridine rings is 1. The number of rotatable bonds is 4. The van der Waals surface area contributed by atoms with Crippen LogP contribution in [0.3, 0.4) is 0 Å². The maximum Gasteiger partial charge on any atom is 0.405 e. The highest BCUT2D eigenvalue weighted by molar-refractivity contribution is 5.67. The van der Waals surface area contributed by atoms with Crippen molar-refractivity contribution in [3.05, 3.63) is 53.9 Å². The van der Waals surface area contributed by atoms with Crippen LogP contribution in [0.5, 0.6) is 0 Å². The van der Waals surface area contributed by atoms with Crippen LogP contribution >= 0.6 is 0 Å². The summed E-state index contributed by atoms with van der Waals surface area (Å²) in [7, 11) is 0. The fourth-order valence-electron chi connectivity index (χ4n) is 3.00. The molecule has 2 fully saturated rings.